The van der Waals surface area contributed by atoms with Crippen LogP contribution in [0, 0.1) is 0 Å². The predicted molar refractivity (Wildman–Crippen MR) is 124 cm³/mol. The van der Waals surface area contributed by atoms with E-state index < -0.39 is 0 Å². The van der Waals surface area contributed by atoms with E-state index in [0.29, 0.717) is 37.1 Å². The number of nitrogens with zero attached hydrogens (tertiary/aromatic N) is 1. The Morgan fingerprint density at radius 1 is 0.833 bits per heavy atom. The maximum absolute atomic E-state index is 8.70. The molecule has 0 radical (unpaired) electrons. The first kappa shape index (κ1) is 22.2. The molecule has 0 saturated heterocycles. The monoisotopic (exact) mass is 533 g/mol. The van der Waals surface area contributed by atoms with Gasteiger partial charge in [-0.2, -0.15) is 0 Å². The van der Waals surface area contributed by atoms with Crippen LogP contribution in [0.15, 0.2) is 74.8 Å². The van der Waals surface area contributed by atoms with Crippen molar-refractivity contribution in [1.29, 1.82) is 0 Å². The van der Waals surface area contributed by atoms with Gasteiger partial charge in [0.1, 0.15) is 19.0 Å². The van der Waals surface area contributed by atoms with Crippen molar-refractivity contribution in [3.63, 3.8) is 0 Å². The molecule has 30 heavy (non-hydrogen) atoms. The molecular weight excluding hydrogens is 514 g/mol. The van der Waals surface area contributed by atoms with E-state index in [9.17, 15) is 0 Å². The number of rotatable bonds is 9. The second-order valence-electron chi connectivity index (χ2n) is 6.34. The number of hydrogen-bond donors (Lipinski definition) is 1. The van der Waals surface area contributed by atoms with E-state index in [2.05, 4.69) is 37.0 Å². The summed E-state index contributed by atoms with van der Waals surface area (Å²) in [5.74, 6) is 2.04. The molecule has 5 nitrogen and oxygen atoms in total. The summed E-state index contributed by atoms with van der Waals surface area (Å²) in [7, 11) is 0. The lowest BCUT2D eigenvalue weighted by atomic mass is 10.2. The SMILES string of the molecule is CCOc1cc(COc2c(Br)cc(/C=N/O)cc2Br)ccc1OCc1ccccc1. The van der Waals surface area contributed by atoms with Crippen LogP contribution < -0.4 is 14.2 Å². The minimum absolute atomic E-state index is 0.351. The lowest BCUT2D eigenvalue weighted by Crippen LogP contribution is -2.02. The van der Waals surface area contributed by atoms with Gasteiger partial charge in [-0.15, -0.1) is 0 Å². The topological polar surface area (TPSA) is 60.3 Å². The molecule has 0 aromatic heterocycles. The van der Waals surface area contributed by atoms with E-state index in [0.717, 1.165) is 25.6 Å². The number of oxime groups is 1. The molecule has 0 aliphatic rings. The highest BCUT2D eigenvalue weighted by atomic mass is 79.9. The average molecular weight is 535 g/mol. The van der Waals surface area contributed by atoms with Gasteiger partial charge in [0.2, 0.25) is 0 Å². The van der Waals surface area contributed by atoms with Crippen molar-refractivity contribution < 1.29 is 19.4 Å². The van der Waals surface area contributed by atoms with Crippen molar-refractivity contribution in [2.24, 2.45) is 5.16 Å². The van der Waals surface area contributed by atoms with Crippen LogP contribution in [-0.2, 0) is 13.2 Å². The van der Waals surface area contributed by atoms with Crippen LogP contribution in [0.4, 0.5) is 0 Å². The molecule has 1 N–H and O–H groups in total. The van der Waals surface area contributed by atoms with Crippen LogP contribution in [0.5, 0.6) is 17.2 Å². The Morgan fingerprint density at radius 3 is 2.20 bits per heavy atom. The smallest absolute Gasteiger partial charge is 0.161 e. The molecule has 156 valence electrons. The van der Waals surface area contributed by atoms with Crippen LogP contribution in [0.25, 0.3) is 0 Å². The van der Waals surface area contributed by atoms with Gasteiger partial charge < -0.3 is 19.4 Å². The minimum Gasteiger partial charge on any atom is -0.490 e. The average Bonchev–Trinajstić information content (AvgIpc) is 2.74. The third-order valence-electron chi connectivity index (χ3n) is 4.16. The molecule has 0 spiro atoms. The van der Waals surface area contributed by atoms with Crippen LogP contribution in [0.2, 0.25) is 0 Å². The van der Waals surface area contributed by atoms with Crippen molar-refractivity contribution in [3.8, 4) is 17.2 Å². The summed E-state index contributed by atoms with van der Waals surface area (Å²) in [5.41, 5.74) is 2.78. The standard InChI is InChI=1S/C23H21Br2NO4/c1-2-28-22-12-17(8-9-21(22)29-14-16-6-4-3-5-7-16)15-30-23-19(24)10-18(13-26-27)11-20(23)25/h3-13,27H,2,14-15H2,1H3/b26-13+. The van der Waals surface area contributed by atoms with Gasteiger partial charge in [-0.1, -0.05) is 41.6 Å². The highest BCUT2D eigenvalue weighted by molar-refractivity contribution is 9.11. The second kappa shape index (κ2) is 11.0. The lowest BCUT2D eigenvalue weighted by molar-refractivity contribution is 0.266. The molecule has 3 aromatic carbocycles. The summed E-state index contributed by atoms with van der Waals surface area (Å²) >= 11 is 6.98. The Labute approximate surface area is 192 Å². The summed E-state index contributed by atoms with van der Waals surface area (Å²) in [4.78, 5) is 0. The largest absolute Gasteiger partial charge is 0.490 e. The molecular formula is C23H21Br2NO4. The first-order chi connectivity index (χ1) is 14.6. The number of benzene rings is 3. The second-order valence-corrected chi connectivity index (χ2v) is 8.04. The lowest BCUT2D eigenvalue weighted by Gasteiger charge is -2.15. The third kappa shape index (κ3) is 6.00. The zero-order chi connectivity index (χ0) is 21.3. The van der Waals surface area contributed by atoms with E-state index in [4.69, 9.17) is 19.4 Å². The summed E-state index contributed by atoms with van der Waals surface area (Å²) in [6, 6.07) is 19.4. The van der Waals surface area contributed by atoms with E-state index in [-0.39, 0.29) is 0 Å². The highest BCUT2D eigenvalue weighted by Gasteiger charge is 2.11. The Balaban J connectivity index is 1.71. The summed E-state index contributed by atoms with van der Waals surface area (Å²) in [5, 5.41) is 11.8. The summed E-state index contributed by atoms with van der Waals surface area (Å²) < 4.78 is 19.2. The van der Waals surface area contributed by atoms with Crippen LogP contribution in [-0.4, -0.2) is 18.0 Å². The zero-order valence-corrected chi connectivity index (χ0v) is 19.5. The highest BCUT2D eigenvalue weighted by Crippen LogP contribution is 2.36. The minimum atomic E-state index is 0.351. The summed E-state index contributed by atoms with van der Waals surface area (Å²) in [6.07, 6.45) is 1.35. The number of ether oxygens (including phenoxy) is 3. The van der Waals surface area contributed by atoms with Gasteiger partial charge in [-0.3, -0.25) is 0 Å². The Morgan fingerprint density at radius 2 is 1.53 bits per heavy atom. The van der Waals surface area contributed by atoms with Gasteiger partial charge in [-0.05, 0) is 79.7 Å². The fraction of sp³-hybridized carbons (Fsp3) is 0.174. The van der Waals surface area contributed by atoms with E-state index >= 15 is 0 Å². The van der Waals surface area contributed by atoms with Crippen LogP contribution in [0.3, 0.4) is 0 Å². The van der Waals surface area contributed by atoms with E-state index in [1.807, 2.05) is 67.6 Å². The quantitative estimate of drug-likeness (QED) is 0.191. The van der Waals surface area contributed by atoms with Crippen molar-refractivity contribution in [3.05, 3.63) is 86.3 Å². The molecule has 3 rings (SSSR count). The first-order valence-electron chi connectivity index (χ1n) is 9.32. The Kier molecular flexibility index (Phi) is 8.16. The normalized spacial score (nSPS) is 10.9. The van der Waals surface area contributed by atoms with Gasteiger partial charge in [0.15, 0.2) is 11.5 Å². The number of hydrogen-bond acceptors (Lipinski definition) is 5. The zero-order valence-electron chi connectivity index (χ0n) is 16.3. The molecule has 3 aromatic rings. The molecule has 0 atom stereocenters. The van der Waals surface area contributed by atoms with E-state index in [1.54, 1.807) is 0 Å². The number of halogens is 2. The molecule has 0 bridgehead atoms. The van der Waals surface area contributed by atoms with Crippen molar-refractivity contribution in [2.75, 3.05) is 6.61 Å². The molecule has 0 aliphatic heterocycles. The fourth-order valence-corrected chi connectivity index (χ4v) is 4.23. The van der Waals surface area contributed by atoms with E-state index in [1.165, 1.54) is 6.21 Å². The van der Waals surface area contributed by atoms with Crippen molar-refractivity contribution in [2.45, 2.75) is 20.1 Å². The molecule has 0 saturated carbocycles. The van der Waals surface area contributed by atoms with Gasteiger partial charge in [-0.25, -0.2) is 0 Å². The maximum Gasteiger partial charge on any atom is 0.161 e. The molecule has 0 fully saturated rings. The van der Waals surface area contributed by atoms with Gasteiger partial charge in [0.25, 0.3) is 0 Å². The molecule has 7 heteroatoms. The van der Waals surface area contributed by atoms with Crippen LogP contribution in [0.1, 0.15) is 23.6 Å². The van der Waals surface area contributed by atoms with Crippen LogP contribution >= 0.6 is 31.9 Å². The van der Waals surface area contributed by atoms with Gasteiger partial charge in [0.05, 0.1) is 21.8 Å². The molecule has 0 aliphatic carbocycles. The Hall–Kier alpha value is -2.51. The predicted octanol–water partition coefficient (Wildman–Crippen LogP) is 6.58. The molecule has 0 amide bonds. The maximum atomic E-state index is 8.70. The van der Waals surface area contributed by atoms with Gasteiger partial charge in [0, 0.05) is 0 Å². The van der Waals surface area contributed by atoms with Gasteiger partial charge >= 0.3 is 0 Å². The third-order valence-corrected chi connectivity index (χ3v) is 5.33. The first-order valence-corrected chi connectivity index (χ1v) is 10.9. The molecule has 0 unspecified atom stereocenters. The Bertz CT molecular complexity index is 986. The molecule has 0 heterocycles. The fourth-order valence-electron chi connectivity index (χ4n) is 2.78. The van der Waals surface area contributed by atoms with Crippen molar-refractivity contribution >= 4 is 38.1 Å². The van der Waals surface area contributed by atoms with Crippen molar-refractivity contribution in [1.82, 2.24) is 0 Å². The summed E-state index contributed by atoms with van der Waals surface area (Å²) in [6.45, 7) is 3.30.